The van der Waals surface area contributed by atoms with Gasteiger partial charge >= 0.3 is 11.9 Å². The Balaban J connectivity index is 1.80. The van der Waals surface area contributed by atoms with Gasteiger partial charge in [-0.15, -0.1) is 0 Å². The van der Waals surface area contributed by atoms with E-state index in [0.29, 0.717) is 11.1 Å². The fraction of sp³-hybridized carbons (Fsp3) is 0.138. The maximum Gasteiger partial charge on any atom is 0.348 e. The molecule has 0 saturated heterocycles. The van der Waals surface area contributed by atoms with Crippen LogP contribution in [-0.2, 0) is 35.0 Å². The van der Waals surface area contributed by atoms with Crippen LogP contribution in [0.15, 0.2) is 103 Å². The van der Waals surface area contributed by atoms with Crippen LogP contribution in [0, 0.1) is 0 Å². The predicted octanol–water partition coefficient (Wildman–Crippen LogP) is 3.91. The van der Waals surface area contributed by atoms with Crippen LogP contribution in [0.5, 0.6) is 0 Å². The molecule has 0 fully saturated rings. The molecular formula is C29H25NO6. The van der Waals surface area contributed by atoms with E-state index in [2.05, 4.69) is 5.32 Å². The van der Waals surface area contributed by atoms with Gasteiger partial charge in [0.15, 0.2) is 11.5 Å². The number of benzene rings is 3. The quantitative estimate of drug-likeness (QED) is 0.386. The topological polar surface area (TPSA) is 90.9 Å². The lowest BCUT2D eigenvalue weighted by Gasteiger charge is -2.19. The van der Waals surface area contributed by atoms with Crippen molar-refractivity contribution in [3.05, 3.63) is 119 Å². The Kier molecular flexibility index (Phi) is 7.60. The molecule has 0 saturated carbocycles. The molecule has 1 aliphatic rings. The van der Waals surface area contributed by atoms with Crippen LogP contribution in [0.1, 0.15) is 16.7 Å². The first kappa shape index (κ1) is 24.5. The molecule has 7 nitrogen and oxygen atoms in total. The molecule has 0 aromatic heterocycles. The summed E-state index contributed by atoms with van der Waals surface area (Å²) in [5.41, 5.74) is 2.21. The van der Waals surface area contributed by atoms with Gasteiger partial charge in [-0.05, 0) is 16.7 Å². The average Bonchev–Trinajstić information content (AvgIpc) is 3.25. The second-order valence-corrected chi connectivity index (χ2v) is 7.97. The van der Waals surface area contributed by atoms with Crippen molar-refractivity contribution in [2.75, 3.05) is 14.2 Å². The summed E-state index contributed by atoms with van der Waals surface area (Å²) >= 11 is 0. The monoisotopic (exact) mass is 483 g/mol. The number of cyclic esters (lactones) is 1. The van der Waals surface area contributed by atoms with Gasteiger partial charge in [-0.3, -0.25) is 4.79 Å². The van der Waals surface area contributed by atoms with Crippen molar-refractivity contribution in [3.8, 4) is 0 Å². The normalized spacial score (nSPS) is 15.1. The summed E-state index contributed by atoms with van der Waals surface area (Å²) < 4.78 is 16.1. The summed E-state index contributed by atoms with van der Waals surface area (Å²) in [7, 11) is 2.67. The molecule has 1 N–H and O–H groups in total. The highest BCUT2D eigenvalue weighted by Crippen LogP contribution is 2.38. The van der Waals surface area contributed by atoms with E-state index >= 15 is 0 Å². The maximum atomic E-state index is 13.7. The van der Waals surface area contributed by atoms with E-state index in [1.165, 1.54) is 14.2 Å². The summed E-state index contributed by atoms with van der Waals surface area (Å²) in [5.74, 6) is -1.73. The number of hydrogen-bond acceptors (Lipinski definition) is 6. The van der Waals surface area contributed by atoms with Gasteiger partial charge in [-0.2, -0.15) is 0 Å². The van der Waals surface area contributed by atoms with Gasteiger partial charge in [0.25, 0.3) is 5.91 Å². The van der Waals surface area contributed by atoms with Crippen LogP contribution < -0.4 is 5.32 Å². The van der Waals surface area contributed by atoms with Gasteiger partial charge in [0.05, 0.1) is 19.8 Å². The highest BCUT2D eigenvalue weighted by molar-refractivity contribution is 6.26. The number of methoxy groups -OCH3 is 2. The fourth-order valence-electron chi connectivity index (χ4n) is 4.00. The van der Waals surface area contributed by atoms with Gasteiger partial charge in [0.1, 0.15) is 11.6 Å². The van der Waals surface area contributed by atoms with Gasteiger partial charge in [-0.25, -0.2) is 9.59 Å². The SMILES string of the molecule is COC(=O)[C@H](Cc1ccccc1)NC(=O)/C(=C1/OC(=O)C(c2ccccc2)=C1OC)c1ccccc1. The number of carbonyl (C=O) groups is 3. The molecule has 1 atom stereocenters. The van der Waals surface area contributed by atoms with E-state index in [9.17, 15) is 14.4 Å². The minimum absolute atomic E-state index is 0.0200. The second-order valence-electron chi connectivity index (χ2n) is 7.97. The zero-order chi connectivity index (χ0) is 25.5. The van der Waals surface area contributed by atoms with Crippen LogP contribution in [0.2, 0.25) is 0 Å². The molecule has 0 radical (unpaired) electrons. The summed E-state index contributed by atoms with van der Waals surface area (Å²) in [5, 5.41) is 2.76. The van der Waals surface area contributed by atoms with E-state index in [0.717, 1.165) is 5.56 Å². The first-order valence-corrected chi connectivity index (χ1v) is 11.3. The highest BCUT2D eigenvalue weighted by atomic mass is 16.6. The Morgan fingerprint density at radius 3 is 2.03 bits per heavy atom. The summed E-state index contributed by atoms with van der Waals surface area (Å²) in [6.45, 7) is 0. The number of amides is 1. The lowest BCUT2D eigenvalue weighted by Crippen LogP contribution is -2.43. The smallest absolute Gasteiger partial charge is 0.348 e. The van der Waals surface area contributed by atoms with E-state index in [1.807, 2.05) is 36.4 Å². The molecule has 0 unspecified atom stereocenters. The van der Waals surface area contributed by atoms with Crippen molar-refractivity contribution in [2.45, 2.75) is 12.5 Å². The molecule has 1 amide bonds. The van der Waals surface area contributed by atoms with Crippen LogP contribution in [-0.4, -0.2) is 38.1 Å². The third-order valence-electron chi connectivity index (χ3n) is 5.69. The van der Waals surface area contributed by atoms with Crippen LogP contribution in [0.25, 0.3) is 11.1 Å². The first-order chi connectivity index (χ1) is 17.5. The zero-order valence-electron chi connectivity index (χ0n) is 19.9. The summed E-state index contributed by atoms with van der Waals surface area (Å²) in [4.78, 5) is 39.2. The Morgan fingerprint density at radius 1 is 0.861 bits per heavy atom. The van der Waals surface area contributed by atoms with Crippen molar-refractivity contribution in [3.63, 3.8) is 0 Å². The van der Waals surface area contributed by atoms with Crippen molar-refractivity contribution in [1.82, 2.24) is 5.32 Å². The number of rotatable bonds is 8. The standard InChI is InChI=1S/C29H25NO6/c1-34-25-24(21-16-10-5-11-17-21)29(33)36-26(25)23(20-14-8-4-9-15-20)27(31)30-22(28(32)35-2)18-19-12-6-3-7-13-19/h3-17,22H,18H2,1-2H3,(H,30,31)/b26-23+/t22-/m0/s1. The van der Waals surface area contributed by atoms with E-state index in [4.69, 9.17) is 14.2 Å². The number of carbonyl (C=O) groups excluding carboxylic acids is 3. The van der Waals surface area contributed by atoms with Gasteiger partial charge in [0, 0.05) is 6.42 Å². The van der Waals surface area contributed by atoms with Gasteiger partial charge in [0.2, 0.25) is 0 Å². The van der Waals surface area contributed by atoms with E-state index in [-0.39, 0.29) is 29.1 Å². The minimum atomic E-state index is -0.968. The molecule has 0 aliphatic carbocycles. The van der Waals surface area contributed by atoms with E-state index in [1.54, 1.807) is 54.6 Å². The number of ether oxygens (including phenoxy) is 3. The van der Waals surface area contributed by atoms with Crippen molar-refractivity contribution in [1.29, 1.82) is 0 Å². The lowest BCUT2D eigenvalue weighted by molar-refractivity contribution is -0.144. The molecular weight excluding hydrogens is 458 g/mol. The number of esters is 2. The lowest BCUT2D eigenvalue weighted by atomic mass is 9.99. The van der Waals surface area contributed by atoms with Crippen molar-refractivity contribution in [2.24, 2.45) is 0 Å². The Hall–Kier alpha value is -4.65. The molecule has 0 spiro atoms. The first-order valence-electron chi connectivity index (χ1n) is 11.3. The van der Waals surface area contributed by atoms with Gasteiger partial charge < -0.3 is 19.5 Å². The predicted molar refractivity (Wildman–Crippen MR) is 134 cm³/mol. The van der Waals surface area contributed by atoms with Crippen LogP contribution in [0.3, 0.4) is 0 Å². The molecule has 3 aromatic rings. The second kappa shape index (κ2) is 11.2. The van der Waals surface area contributed by atoms with Gasteiger partial charge in [-0.1, -0.05) is 91.0 Å². The minimum Gasteiger partial charge on any atom is -0.492 e. The molecule has 182 valence electrons. The number of nitrogens with one attached hydrogen (secondary N) is 1. The molecule has 1 heterocycles. The third-order valence-corrected chi connectivity index (χ3v) is 5.69. The average molecular weight is 484 g/mol. The maximum absolute atomic E-state index is 13.7. The molecule has 7 heteroatoms. The highest BCUT2D eigenvalue weighted by Gasteiger charge is 2.37. The summed E-state index contributed by atoms with van der Waals surface area (Å²) in [6.07, 6.45) is 0.221. The molecule has 1 aliphatic heterocycles. The third kappa shape index (κ3) is 5.20. The fourth-order valence-corrected chi connectivity index (χ4v) is 4.00. The largest absolute Gasteiger partial charge is 0.492 e. The Labute approximate surface area is 209 Å². The van der Waals surface area contributed by atoms with Crippen LogP contribution >= 0.6 is 0 Å². The Bertz CT molecular complexity index is 1310. The van der Waals surface area contributed by atoms with E-state index < -0.39 is 23.9 Å². The van der Waals surface area contributed by atoms with Crippen molar-refractivity contribution >= 4 is 29.0 Å². The zero-order valence-corrected chi connectivity index (χ0v) is 19.9. The summed E-state index contributed by atoms with van der Waals surface area (Å²) in [6, 6.07) is 26.0. The van der Waals surface area contributed by atoms with Crippen molar-refractivity contribution < 1.29 is 28.6 Å². The molecule has 4 rings (SSSR count). The van der Waals surface area contributed by atoms with Crippen LogP contribution in [0.4, 0.5) is 0 Å². The molecule has 3 aromatic carbocycles. The molecule has 36 heavy (non-hydrogen) atoms. The number of hydrogen-bond donors (Lipinski definition) is 1. The molecule has 0 bridgehead atoms. The Morgan fingerprint density at radius 2 is 1.44 bits per heavy atom.